The van der Waals surface area contributed by atoms with Crippen LogP contribution in [0.3, 0.4) is 0 Å². The summed E-state index contributed by atoms with van der Waals surface area (Å²) in [5.41, 5.74) is 2.74. The Hall–Kier alpha value is -1.40. The molecule has 2 heterocycles. The van der Waals surface area contributed by atoms with E-state index in [-0.39, 0.29) is 49.0 Å². The number of nitrogens with zero attached hydrogens (tertiary/aromatic N) is 2. The van der Waals surface area contributed by atoms with Gasteiger partial charge in [0.25, 0.3) is 0 Å². The van der Waals surface area contributed by atoms with Gasteiger partial charge in [-0.15, -0.1) is 37.2 Å². The zero-order valence-electron chi connectivity index (χ0n) is 12.3. The molecule has 1 unspecified atom stereocenters. The number of amides is 1. The molecule has 0 saturated carbocycles. The van der Waals surface area contributed by atoms with Crippen LogP contribution in [0.1, 0.15) is 6.42 Å². The largest absolute Gasteiger partial charge is 0.326 e. The summed E-state index contributed by atoms with van der Waals surface area (Å²) in [6.07, 6.45) is 5.92. The van der Waals surface area contributed by atoms with Gasteiger partial charge in [0.05, 0.1) is 5.92 Å². The van der Waals surface area contributed by atoms with Crippen molar-refractivity contribution in [3.05, 3.63) is 43.0 Å². The molecule has 126 valence electrons. The average molecular weight is 378 g/mol. The van der Waals surface area contributed by atoms with Crippen molar-refractivity contribution in [3.63, 3.8) is 0 Å². The van der Waals surface area contributed by atoms with Crippen molar-refractivity contribution < 1.29 is 4.79 Å². The van der Waals surface area contributed by atoms with Gasteiger partial charge < -0.3 is 10.6 Å². The lowest BCUT2D eigenvalue weighted by atomic mass is 10.1. The highest BCUT2D eigenvalue weighted by Gasteiger charge is 2.22. The van der Waals surface area contributed by atoms with Gasteiger partial charge in [-0.3, -0.25) is 4.79 Å². The van der Waals surface area contributed by atoms with E-state index in [1.807, 2.05) is 24.3 Å². The number of carbonyl (C=O) groups is 1. The lowest BCUT2D eigenvalue weighted by molar-refractivity contribution is -0.119. The maximum atomic E-state index is 12.1. The quantitative estimate of drug-likeness (QED) is 0.863. The molecule has 2 N–H and O–H groups in total. The van der Waals surface area contributed by atoms with Gasteiger partial charge >= 0.3 is 0 Å². The van der Waals surface area contributed by atoms with Crippen molar-refractivity contribution in [2.45, 2.75) is 6.42 Å². The van der Waals surface area contributed by atoms with Gasteiger partial charge in [-0.25, -0.2) is 9.97 Å². The van der Waals surface area contributed by atoms with Crippen LogP contribution >= 0.6 is 37.2 Å². The van der Waals surface area contributed by atoms with Crippen molar-refractivity contribution >= 4 is 48.8 Å². The highest BCUT2D eigenvalue weighted by Crippen LogP contribution is 2.22. The molecule has 23 heavy (non-hydrogen) atoms. The van der Waals surface area contributed by atoms with Crippen LogP contribution in [0, 0.1) is 5.92 Å². The predicted octanol–water partition coefficient (Wildman–Crippen LogP) is 2.96. The molecule has 1 fully saturated rings. The molecule has 2 aromatic rings. The molecule has 0 bridgehead atoms. The van der Waals surface area contributed by atoms with Crippen LogP contribution in [0.4, 0.5) is 5.69 Å². The monoisotopic (exact) mass is 376 g/mol. The Morgan fingerprint density at radius 2 is 1.87 bits per heavy atom. The molecule has 1 saturated heterocycles. The van der Waals surface area contributed by atoms with Crippen molar-refractivity contribution in [2.24, 2.45) is 5.92 Å². The molecule has 1 aromatic heterocycles. The van der Waals surface area contributed by atoms with E-state index < -0.39 is 0 Å². The maximum Gasteiger partial charge on any atom is 0.228 e. The summed E-state index contributed by atoms with van der Waals surface area (Å²) in [7, 11) is 0. The smallest absolute Gasteiger partial charge is 0.228 e. The second-order valence-electron chi connectivity index (χ2n) is 4.89. The van der Waals surface area contributed by atoms with Crippen LogP contribution < -0.4 is 10.6 Å². The molecular weight excluding hydrogens is 359 g/mol. The van der Waals surface area contributed by atoms with E-state index in [4.69, 9.17) is 0 Å². The molecule has 0 aliphatic carbocycles. The van der Waals surface area contributed by atoms with E-state index in [2.05, 4.69) is 20.6 Å². The van der Waals surface area contributed by atoms with Crippen molar-refractivity contribution in [2.75, 3.05) is 18.4 Å². The molecular formula is C15H19Cl3N4O. The van der Waals surface area contributed by atoms with Gasteiger partial charge in [0.1, 0.15) is 6.33 Å². The topological polar surface area (TPSA) is 66.9 Å². The first-order chi connectivity index (χ1) is 9.83. The Morgan fingerprint density at radius 3 is 2.52 bits per heavy atom. The minimum Gasteiger partial charge on any atom is -0.326 e. The van der Waals surface area contributed by atoms with Crippen LogP contribution in [0.25, 0.3) is 11.1 Å². The van der Waals surface area contributed by atoms with E-state index in [1.165, 1.54) is 6.33 Å². The van der Waals surface area contributed by atoms with Crippen molar-refractivity contribution in [1.29, 1.82) is 0 Å². The highest BCUT2D eigenvalue weighted by atomic mass is 35.5. The zero-order chi connectivity index (χ0) is 13.8. The summed E-state index contributed by atoms with van der Waals surface area (Å²) in [6, 6.07) is 7.74. The Morgan fingerprint density at radius 1 is 1.13 bits per heavy atom. The fourth-order valence-electron chi connectivity index (χ4n) is 2.35. The Labute approximate surface area is 153 Å². The van der Waals surface area contributed by atoms with Crippen molar-refractivity contribution in [1.82, 2.24) is 15.3 Å². The number of rotatable bonds is 3. The number of carbonyl (C=O) groups excluding carboxylic acids is 1. The molecule has 0 spiro atoms. The summed E-state index contributed by atoms with van der Waals surface area (Å²) in [4.78, 5) is 20.1. The summed E-state index contributed by atoms with van der Waals surface area (Å²) in [6.45, 7) is 1.68. The summed E-state index contributed by atoms with van der Waals surface area (Å²) in [5, 5.41) is 6.17. The number of aromatic nitrogens is 2. The number of benzene rings is 1. The normalized spacial score (nSPS) is 15.6. The Balaban J connectivity index is 0.00000161. The third-order valence-corrected chi connectivity index (χ3v) is 3.46. The first-order valence-corrected chi connectivity index (χ1v) is 6.70. The van der Waals surface area contributed by atoms with Crippen LogP contribution in [-0.2, 0) is 4.79 Å². The van der Waals surface area contributed by atoms with Gasteiger partial charge in [-0.1, -0.05) is 12.1 Å². The molecule has 1 atom stereocenters. The first kappa shape index (κ1) is 21.6. The molecule has 5 nitrogen and oxygen atoms in total. The van der Waals surface area contributed by atoms with E-state index in [9.17, 15) is 4.79 Å². The summed E-state index contributed by atoms with van der Waals surface area (Å²) >= 11 is 0. The molecule has 0 radical (unpaired) electrons. The van der Waals surface area contributed by atoms with Crippen molar-refractivity contribution in [3.8, 4) is 11.1 Å². The third kappa shape index (κ3) is 5.62. The van der Waals surface area contributed by atoms with E-state index in [0.29, 0.717) is 0 Å². The SMILES string of the molecule is Cl.Cl.Cl.O=C(Nc1cccc(-c2cncnc2)c1)C1CCNC1. The molecule has 1 aromatic carbocycles. The molecule has 1 aliphatic rings. The van der Waals surface area contributed by atoms with Crippen LogP contribution in [0.5, 0.6) is 0 Å². The lowest BCUT2D eigenvalue weighted by Crippen LogP contribution is -2.24. The van der Waals surface area contributed by atoms with Crippen LogP contribution in [-0.4, -0.2) is 29.0 Å². The minimum absolute atomic E-state index is 0. The first-order valence-electron chi connectivity index (χ1n) is 6.70. The van der Waals surface area contributed by atoms with E-state index in [0.717, 1.165) is 36.3 Å². The third-order valence-electron chi connectivity index (χ3n) is 3.46. The predicted molar refractivity (Wildman–Crippen MR) is 98.8 cm³/mol. The second-order valence-corrected chi connectivity index (χ2v) is 4.89. The molecule has 3 rings (SSSR count). The lowest BCUT2D eigenvalue weighted by Gasteiger charge is -2.11. The highest BCUT2D eigenvalue weighted by molar-refractivity contribution is 5.93. The fourth-order valence-corrected chi connectivity index (χ4v) is 2.35. The number of nitrogens with one attached hydrogen (secondary N) is 2. The summed E-state index contributed by atoms with van der Waals surface area (Å²) in [5.74, 6) is 0.148. The number of hydrogen-bond acceptors (Lipinski definition) is 4. The standard InChI is InChI=1S/C15H16N4O.3ClH/c20-15(12-4-5-16-7-12)19-14-3-1-2-11(6-14)13-8-17-10-18-9-13;;;/h1-3,6,8-10,12,16H,4-5,7H2,(H,19,20);3*1H. The summed E-state index contributed by atoms with van der Waals surface area (Å²) < 4.78 is 0. The van der Waals surface area contributed by atoms with E-state index >= 15 is 0 Å². The number of halogens is 3. The van der Waals surface area contributed by atoms with Gasteiger partial charge in [0, 0.05) is 30.2 Å². The Kier molecular flexibility index (Phi) is 9.76. The van der Waals surface area contributed by atoms with Gasteiger partial charge in [-0.05, 0) is 30.7 Å². The van der Waals surface area contributed by atoms with Gasteiger partial charge in [0.15, 0.2) is 0 Å². The fraction of sp³-hybridized carbons (Fsp3) is 0.267. The maximum absolute atomic E-state index is 12.1. The number of anilines is 1. The molecule has 1 amide bonds. The van der Waals surface area contributed by atoms with Crippen LogP contribution in [0.15, 0.2) is 43.0 Å². The average Bonchev–Trinajstić information content (AvgIpc) is 3.03. The van der Waals surface area contributed by atoms with Gasteiger partial charge in [0.2, 0.25) is 5.91 Å². The second kappa shape index (κ2) is 10.4. The van der Waals surface area contributed by atoms with Gasteiger partial charge in [-0.2, -0.15) is 0 Å². The Bertz CT molecular complexity index is 607. The zero-order valence-corrected chi connectivity index (χ0v) is 14.7. The number of hydrogen-bond donors (Lipinski definition) is 2. The molecule has 8 heteroatoms. The van der Waals surface area contributed by atoms with Crippen LogP contribution in [0.2, 0.25) is 0 Å². The molecule has 1 aliphatic heterocycles. The van der Waals surface area contributed by atoms with E-state index in [1.54, 1.807) is 12.4 Å². The minimum atomic E-state index is 0.